The van der Waals surface area contributed by atoms with Crippen molar-refractivity contribution in [3.63, 3.8) is 0 Å². The van der Waals surface area contributed by atoms with E-state index >= 15 is 0 Å². The lowest BCUT2D eigenvalue weighted by atomic mass is 10.4. The van der Waals surface area contributed by atoms with E-state index in [4.69, 9.17) is 14.2 Å². The van der Waals surface area contributed by atoms with E-state index in [1.54, 1.807) is 18.4 Å². The maximum absolute atomic E-state index is 5.50. The Balaban J connectivity index is 2.05. The molecular weight excluding hydrogens is 407 g/mol. The van der Waals surface area contributed by atoms with E-state index in [2.05, 4.69) is 44.6 Å². The van der Waals surface area contributed by atoms with Gasteiger partial charge in [-0.1, -0.05) is 0 Å². The Hall–Kier alpha value is 0.790. The van der Waals surface area contributed by atoms with Crippen molar-refractivity contribution in [2.24, 2.45) is 0 Å². The molecule has 1 heterocycles. The number of methoxy groups -OCH3 is 1. The zero-order valence-corrected chi connectivity index (χ0v) is 13.6. The quantitative estimate of drug-likeness (QED) is 0.477. The van der Waals surface area contributed by atoms with Gasteiger partial charge in [-0.2, -0.15) is 0 Å². The topological polar surface area (TPSA) is 27.7 Å². The monoisotopic (exact) mass is 420 g/mol. The largest absolute Gasteiger partial charge is 0.382 e. The van der Waals surface area contributed by atoms with Gasteiger partial charge in [-0.3, -0.25) is 0 Å². The summed E-state index contributed by atoms with van der Waals surface area (Å²) in [5.41, 5.74) is 1.20. The number of ether oxygens (including phenoxy) is 3. The fraction of sp³-hybridized carbons (Fsp3) is 0.600. The summed E-state index contributed by atoms with van der Waals surface area (Å²) in [4.78, 5) is 0. The molecule has 0 aliphatic carbocycles. The van der Waals surface area contributed by atoms with Crippen LogP contribution in [0.1, 0.15) is 5.56 Å². The number of hydrogen-bond acceptors (Lipinski definition) is 4. The van der Waals surface area contributed by atoms with Crippen LogP contribution < -0.4 is 0 Å². The second-order valence-electron chi connectivity index (χ2n) is 3.01. The summed E-state index contributed by atoms with van der Waals surface area (Å²) in [5, 5.41) is 0. The molecule has 1 rings (SSSR count). The highest BCUT2D eigenvalue weighted by molar-refractivity contribution is 14.1. The van der Waals surface area contributed by atoms with Crippen LogP contribution in [0.25, 0.3) is 0 Å². The van der Waals surface area contributed by atoms with Crippen LogP contribution in [0.5, 0.6) is 0 Å². The molecule has 6 heteroatoms. The first-order valence-electron chi connectivity index (χ1n) is 4.82. The van der Waals surface area contributed by atoms with Crippen molar-refractivity contribution < 1.29 is 14.2 Å². The lowest BCUT2D eigenvalue weighted by Gasteiger charge is -2.04. The van der Waals surface area contributed by atoms with Crippen LogP contribution >= 0.6 is 49.9 Å². The van der Waals surface area contributed by atoms with Crippen molar-refractivity contribution in [2.45, 2.75) is 6.61 Å². The fourth-order valence-electron chi connectivity index (χ4n) is 1.02. The Kier molecular flexibility index (Phi) is 8.19. The average molecular weight is 421 g/mol. The number of rotatable bonds is 8. The Morgan fingerprint density at radius 1 is 1.25 bits per heavy atom. The van der Waals surface area contributed by atoms with Crippen molar-refractivity contribution in [1.29, 1.82) is 0 Å². The van der Waals surface area contributed by atoms with Crippen LogP contribution in [0.2, 0.25) is 0 Å². The highest BCUT2D eigenvalue weighted by Crippen LogP contribution is 2.29. The summed E-state index contributed by atoms with van der Waals surface area (Å²) in [5.74, 6) is 0. The zero-order valence-electron chi connectivity index (χ0n) is 9.00. The molecule has 0 saturated heterocycles. The maximum atomic E-state index is 5.50. The van der Waals surface area contributed by atoms with E-state index in [-0.39, 0.29) is 0 Å². The third-order valence-electron chi connectivity index (χ3n) is 1.79. The minimum atomic E-state index is 0.613. The summed E-state index contributed by atoms with van der Waals surface area (Å²) < 4.78 is 18.1. The van der Waals surface area contributed by atoms with Crippen molar-refractivity contribution >= 4 is 49.9 Å². The van der Waals surface area contributed by atoms with Gasteiger partial charge in [-0.25, -0.2) is 0 Å². The molecule has 0 radical (unpaired) electrons. The van der Waals surface area contributed by atoms with Crippen molar-refractivity contribution in [3.8, 4) is 0 Å². The highest BCUT2D eigenvalue weighted by Gasteiger charge is 2.04. The zero-order chi connectivity index (χ0) is 11.8. The van der Waals surface area contributed by atoms with Gasteiger partial charge in [0.25, 0.3) is 0 Å². The normalized spacial score (nSPS) is 10.9. The van der Waals surface area contributed by atoms with Crippen molar-refractivity contribution in [1.82, 2.24) is 0 Å². The molecule has 0 aromatic carbocycles. The molecule has 0 unspecified atom stereocenters. The van der Waals surface area contributed by atoms with Gasteiger partial charge in [0.1, 0.15) is 0 Å². The first-order valence-corrected chi connectivity index (χ1v) is 7.51. The maximum Gasteiger partial charge on any atom is 0.0764 e. The average Bonchev–Trinajstić information content (AvgIpc) is 2.56. The summed E-state index contributed by atoms with van der Waals surface area (Å²) in [6.07, 6.45) is 0. The van der Waals surface area contributed by atoms with Crippen LogP contribution in [0, 0.1) is 2.88 Å². The van der Waals surface area contributed by atoms with E-state index in [0.29, 0.717) is 33.0 Å². The van der Waals surface area contributed by atoms with E-state index in [1.165, 1.54) is 8.45 Å². The first kappa shape index (κ1) is 14.8. The van der Waals surface area contributed by atoms with E-state index in [9.17, 15) is 0 Å². The number of halogens is 2. The summed E-state index contributed by atoms with van der Waals surface area (Å²) in [6, 6.07) is 2.13. The standard InChI is InChI=1S/C10H14BrIO3S/c1-13-2-3-14-4-5-15-7-8-6-9(12)16-10(8)11/h6H,2-5,7H2,1H3. The molecule has 1 aromatic rings. The van der Waals surface area contributed by atoms with Crippen LogP contribution in [0.15, 0.2) is 9.85 Å². The van der Waals surface area contributed by atoms with Gasteiger partial charge < -0.3 is 14.2 Å². The van der Waals surface area contributed by atoms with E-state index in [1.807, 2.05) is 0 Å². The van der Waals surface area contributed by atoms with Gasteiger partial charge >= 0.3 is 0 Å². The number of thiophene rings is 1. The highest BCUT2D eigenvalue weighted by atomic mass is 127. The van der Waals surface area contributed by atoms with Crippen molar-refractivity contribution in [3.05, 3.63) is 18.3 Å². The molecule has 0 bridgehead atoms. The third kappa shape index (κ3) is 5.92. The minimum absolute atomic E-state index is 0.613. The Morgan fingerprint density at radius 3 is 2.56 bits per heavy atom. The van der Waals surface area contributed by atoms with E-state index < -0.39 is 0 Å². The lowest BCUT2D eigenvalue weighted by Crippen LogP contribution is -2.08. The smallest absolute Gasteiger partial charge is 0.0764 e. The lowest BCUT2D eigenvalue weighted by molar-refractivity contribution is 0.0199. The molecule has 0 fully saturated rings. The van der Waals surface area contributed by atoms with Gasteiger partial charge in [0.15, 0.2) is 0 Å². The second-order valence-corrected chi connectivity index (χ2v) is 7.27. The second kappa shape index (κ2) is 8.82. The van der Waals surface area contributed by atoms with Crippen LogP contribution in [0.4, 0.5) is 0 Å². The predicted octanol–water partition coefficient (Wildman–Crippen LogP) is 3.29. The first-order chi connectivity index (χ1) is 7.74. The van der Waals surface area contributed by atoms with Gasteiger partial charge in [0, 0.05) is 12.7 Å². The third-order valence-corrected chi connectivity index (χ3v) is 4.51. The van der Waals surface area contributed by atoms with Crippen molar-refractivity contribution in [2.75, 3.05) is 33.5 Å². The molecule has 0 spiro atoms. The molecule has 0 aliphatic heterocycles. The molecule has 92 valence electrons. The van der Waals surface area contributed by atoms with Gasteiger partial charge in [0.2, 0.25) is 0 Å². The van der Waals surface area contributed by atoms with Gasteiger partial charge in [-0.15, -0.1) is 11.3 Å². The Labute approximate surface area is 122 Å². The molecule has 0 amide bonds. The fourth-order valence-corrected chi connectivity index (χ4v) is 4.33. The SMILES string of the molecule is COCCOCCOCc1cc(I)sc1Br. The van der Waals surface area contributed by atoms with Gasteiger partial charge in [0.05, 0.1) is 39.7 Å². The number of hydrogen-bond donors (Lipinski definition) is 0. The minimum Gasteiger partial charge on any atom is -0.382 e. The molecule has 3 nitrogen and oxygen atoms in total. The summed E-state index contributed by atoms with van der Waals surface area (Å²) >= 11 is 7.53. The summed E-state index contributed by atoms with van der Waals surface area (Å²) in [7, 11) is 1.66. The molecular formula is C10H14BrIO3S. The van der Waals surface area contributed by atoms with Gasteiger partial charge in [-0.05, 0) is 44.6 Å². The van der Waals surface area contributed by atoms with Crippen LogP contribution in [0.3, 0.4) is 0 Å². The Bertz CT molecular complexity index is 306. The molecule has 16 heavy (non-hydrogen) atoms. The predicted molar refractivity (Wildman–Crippen MR) is 77.1 cm³/mol. The molecule has 0 aliphatic rings. The molecule has 1 aromatic heterocycles. The Morgan fingerprint density at radius 2 is 1.94 bits per heavy atom. The molecule has 0 saturated carbocycles. The summed E-state index contributed by atoms with van der Waals surface area (Å²) in [6.45, 7) is 3.12. The molecule has 0 N–H and O–H groups in total. The van der Waals surface area contributed by atoms with Crippen LogP contribution in [-0.2, 0) is 20.8 Å². The van der Waals surface area contributed by atoms with E-state index in [0.717, 1.165) is 3.79 Å². The molecule has 0 atom stereocenters. The van der Waals surface area contributed by atoms with Crippen LogP contribution in [-0.4, -0.2) is 33.5 Å².